The predicted octanol–water partition coefficient (Wildman–Crippen LogP) is 3.80. The van der Waals surface area contributed by atoms with Crippen molar-refractivity contribution in [2.75, 3.05) is 0 Å². The van der Waals surface area contributed by atoms with Gasteiger partial charge in [-0.2, -0.15) is 0 Å². The third-order valence-electron chi connectivity index (χ3n) is 4.90. The second-order valence-corrected chi connectivity index (χ2v) is 7.16. The van der Waals surface area contributed by atoms with Crippen LogP contribution in [0, 0.1) is 5.92 Å². The van der Waals surface area contributed by atoms with Crippen molar-refractivity contribution in [2.24, 2.45) is 11.7 Å². The van der Waals surface area contributed by atoms with Crippen molar-refractivity contribution < 1.29 is 14.6 Å². The summed E-state index contributed by atoms with van der Waals surface area (Å²) in [6.07, 6.45) is 0.904. The van der Waals surface area contributed by atoms with Gasteiger partial charge in [0.15, 0.2) is 0 Å². The van der Waals surface area contributed by atoms with Crippen LogP contribution in [0.5, 0.6) is 0 Å². The molecule has 2 aromatic rings. The van der Waals surface area contributed by atoms with Crippen LogP contribution in [0.25, 0.3) is 0 Å². The van der Waals surface area contributed by atoms with Crippen molar-refractivity contribution in [3.8, 4) is 0 Å². The Labute approximate surface area is 155 Å². The van der Waals surface area contributed by atoms with Gasteiger partial charge in [-0.1, -0.05) is 43.3 Å². The number of hydrogen-bond acceptors (Lipinski definition) is 4. The Kier molecular flexibility index (Phi) is 6.75. The number of nitrogens with two attached hydrogens (primary N) is 1. The van der Waals surface area contributed by atoms with Crippen LogP contribution in [0.2, 0.25) is 0 Å². The molecule has 0 aliphatic heterocycles. The van der Waals surface area contributed by atoms with E-state index in [0.29, 0.717) is 5.69 Å². The minimum Gasteiger partial charge on any atom is -0.443 e. The zero-order valence-corrected chi connectivity index (χ0v) is 15.7. The minimum absolute atomic E-state index is 0.0108. The van der Waals surface area contributed by atoms with Crippen molar-refractivity contribution in [1.29, 1.82) is 0 Å². The van der Waals surface area contributed by atoms with E-state index in [1.165, 1.54) is 5.56 Å². The van der Waals surface area contributed by atoms with E-state index in [1.54, 1.807) is 6.07 Å². The van der Waals surface area contributed by atoms with Crippen molar-refractivity contribution in [3.63, 3.8) is 0 Å². The highest BCUT2D eigenvalue weighted by Crippen LogP contribution is 2.37. The van der Waals surface area contributed by atoms with Crippen LogP contribution < -0.4 is 5.73 Å². The van der Waals surface area contributed by atoms with Gasteiger partial charge in [0.2, 0.25) is 0 Å². The van der Waals surface area contributed by atoms with Crippen LogP contribution in [0.3, 0.4) is 0 Å². The standard InChI is InChI=1S/C21H28N2O3/c1-15(19-11-7-10-17(14-24)23-19)18(21(2,3)26-20(22)25)13-12-16-8-5-4-6-9-16/h4-11,15,18,24H,12-14H2,1-3H3,(H2,22,25). The van der Waals surface area contributed by atoms with Crippen LogP contribution in [-0.4, -0.2) is 21.8 Å². The number of primary amides is 1. The first kappa shape index (κ1) is 19.9. The van der Waals surface area contributed by atoms with Gasteiger partial charge < -0.3 is 15.6 Å². The van der Waals surface area contributed by atoms with Crippen LogP contribution in [0.4, 0.5) is 4.79 Å². The number of aliphatic hydroxyl groups is 1. The summed E-state index contributed by atoms with van der Waals surface area (Å²) in [6.45, 7) is 5.75. The predicted molar refractivity (Wildman–Crippen MR) is 102 cm³/mol. The lowest BCUT2D eigenvalue weighted by Crippen LogP contribution is -2.41. The normalized spacial score (nSPS) is 13.8. The summed E-state index contributed by atoms with van der Waals surface area (Å²) < 4.78 is 5.45. The lowest BCUT2D eigenvalue weighted by Gasteiger charge is -2.37. The van der Waals surface area contributed by atoms with Gasteiger partial charge in [-0.25, -0.2) is 4.79 Å². The molecule has 0 aliphatic carbocycles. The molecule has 2 rings (SSSR count). The second-order valence-electron chi connectivity index (χ2n) is 7.16. The fourth-order valence-electron chi connectivity index (χ4n) is 3.55. The third-order valence-corrected chi connectivity index (χ3v) is 4.90. The van der Waals surface area contributed by atoms with Crippen molar-refractivity contribution >= 4 is 6.09 Å². The quantitative estimate of drug-likeness (QED) is 0.753. The fourth-order valence-corrected chi connectivity index (χ4v) is 3.55. The Hall–Kier alpha value is -2.40. The van der Waals surface area contributed by atoms with Gasteiger partial charge in [-0.3, -0.25) is 4.98 Å². The number of carbonyl (C=O) groups is 1. The Morgan fingerprint density at radius 2 is 1.88 bits per heavy atom. The van der Waals surface area contributed by atoms with Crippen LogP contribution >= 0.6 is 0 Å². The molecule has 1 amide bonds. The van der Waals surface area contributed by atoms with Crippen LogP contribution in [0.1, 0.15) is 50.1 Å². The van der Waals surface area contributed by atoms with E-state index in [-0.39, 0.29) is 18.4 Å². The molecule has 5 heteroatoms. The molecule has 0 fully saturated rings. The topological polar surface area (TPSA) is 85.4 Å². The monoisotopic (exact) mass is 356 g/mol. The number of ether oxygens (including phenoxy) is 1. The first-order chi connectivity index (χ1) is 12.3. The molecule has 0 saturated heterocycles. The van der Waals surface area contributed by atoms with E-state index in [2.05, 4.69) is 24.0 Å². The summed E-state index contributed by atoms with van der Waals surface area (Å²) in [7, 11) is 0. The number of aryl methyl sites for hydroxylation is 1. The Bertz CT molecular complexity index is 716. The summed E-state index contributed by atoms with van der Waals surface area (Å²) >= 11 is 0. The molecule has 1 aromatic carbocycles. The molecule has 140 valence electrons. The average Bonchev–Trinajstić information content (AvgIpc) is 2.61. The third kappa shape index (κ3) is 5.30. The molecule has 1 heterocycles. The number of rotatable bonds is 8. The summed E-state index contributed by atoms with van der Waals surface area (Å²) in [6, 6.07) is 15.8. The van der Waals surface area contributed by atoms with E-state index in [9.17, 15) is 9.90 Å². The number of hydrogen-bond donors (Lipinski definition) is 2. The van der Waals surface area contributed by atoms with Gasteiger partial charge in [0.05, 0.1) is 12.3 Å². The molecule has 0 bridgehead atoms. The highest BCUT2D eigenvalue weighted by molar-refractivity contribution is 5.65. The zero-order valence-electron chi connectivity index (χ0n) is 15.7. The van der Waals surface area contributed by atoms with E-state index in [4.69, 9.17) is 10.5 Å². The van der Waals surface area contributed by atoms with Gasteiger partial charge in [0.1, 0.15) is 5.60 Å². The number of amides is 1. The maximum absolute atomic E-state index is 11.4. The van der Waals surface area contributed by atoms with Gasteiger partial charge in [-0.15, -0.1) is 0 Å². The van der Waals surface area contributed by atoms with E-state index in [0.717, 1.165) is 18.5 Å². The Morgan fingerprint density at radius 3 is 2.50 bits per heavy atom. The molecular formula is C21H28N2O3. The Balaban J connectivity index is 2.27. The lowest BCUT2D eigenvalue weighted by molar-refractivity contribution is -0.0128. The van der Waals surface area contributed by atoms with Gasteiger partial charge in [0, 0.05) is 17.5 Å². The molecule has 2 unspecified atom stereocenters. The van der Waals surface area contributed by atoms with E-state index >= 15 is 0 Å². The van der Waals surface area contributed by atoms with Crippen molar-refractivity contribution in [1.82, 2.24) is 4.98 Å². The van der Waals surface area contributed by atoms with E-state index in [1.807, 2.05) is 44.2 Å². The Morgan fingerprint density at radius 1 is 1.19 bits per heavy atom. The average molecular weight is 356 g/mol. The van der Waals surface area contributed by atoms with Crippen LogP contribution in [-0.2, 0) is 17.8 Å². The largest absolute Gasteiger partial charge is 0.443 e. The molecule has 5 nitrogen and oxygen atoms in total. The summed E-state index contributed by atoms with van der Waals surface area (Å²) in [5.74, 6) is 0.0382. The zero-order chi connectivity index (χ0) is 19.2. The lowest BCUT2D eigenvalue weighted by atomic mass is 9.75. The number of nitrogens with zero attached hydrogens (tertiary/aromatic N) is 1. The summed E-state index contributed by atoms with van der Waals surface area (Å²) in [5.41, 5.74) is 7.29. The maximum Gasteiger partial charge on any atom is 0.405 e. The van der Waals surface area contributed by atoms with Gasteiger partial charge in [-0.05, 0) is 44.4 Å². The first-order valence-corrected chi connectivity index (χ1v) is 8.92. The maximum atomic E-state index is 11.4. The number of aromatic nitrogens is 1. The molecule has 0 saturated carbocycles. The molecular weight excluding hydrogens is 328 g/mol. The molecule has 2 atom stereocenters. The molecule has 3 N–H and O–H groups in total. The minimum atomic E-state index is -0.774. The molecule has 0 aliphatic rings. The smallest absolute Gasteiger partial charge is 0.405 e. The summed E-state index contributed by atoms with van der Waals surface area (Å²) in [4.78, 5) is 15.9. The second kappa shape index (κ2) is 8.81. The van der Waals surface area contributed by atoms with Crippen molar-refractivity contribution in [2.45, 2.75) is 51.7 Å². The molecule has 1 aromatic heterocycles. The van der Waals surface area contributed by atoms with Crippen LogP contribution in [0.15, 0.2) is 48.5 Å². The SMILES string of the molecule is CC(c1cccc(CO)n1)C(CCc1ccccc1)C(C)(C)OC(N)=O. The molecule has 0 radical (unpaired) electrons. The number of benzene rings is 1. The number of carbonyl (C=O) groups excluding carboxylic acids is 1. The number of pyridine rings is 1. The highest BCUT2D eigenvalue weighted by Gasteiger charge is 2.37. The number of aliphatic hydroxyl groups excluding tert-OH is 1. The van der Waals surface area contributed by atoms with E-state index < -0.39 is 11.7 Å². The first-order valence-electron chi connectivity index (χ1n) is 8.92. The highest BCUT2D eigenvalue weighted by atomic mass is 16.6. The van der Waals surface area contributed by atoms with Gasteiger partial charge >= 0.3 is 6.09 Å². The van der Waals surface area contributed by atoms with Crippen molar-refractivity contribution in [3.05, 3.63) is 65.5 Å². The molecule has 26 heavy (non-hydrogen) atoms. The molecule has 0 spiro atoms. The van der Waals surface area contributed by atoms with Gasteiger partial charge in [0.25, 0.3) is 0 Å². The fraction of sp³-hybridized carbons (Fsp3) is 0.429. The summed E-state index contributed by atoms with van der Waals surface area (Å²) in [5, 5.41) is 9.36.